The second kappa shape index (κ2) is 5.32. The molecule has 0 aliphatic carbocycles. The molecule has 0 bridgehead atoms. The van der Waals surface area contributed by atoms with Gasteiger partial charge in [0.2, 0.25) is 0 Å². The maximum Gasteiger partial charge on any atom is 0.418 e. The highest BCUT2D eigenvalue weighted by atomic mass is 35.5. The zero-order valence-electron chi connectivity index (χ0n) is 3.40. The average molecular weight is 118 g/mol. The third-order valence-corrected chi connectivity index (χ3v) is 0.404. The molecular formula is C4H2ClO2. The van der Waals surface area contributed by atoms with Crippen LogP contribution >= 0.6 is 11.6 Å². The lowest BCUT2D eigenvalue weighted by Crippen LogP contribution is -1.84. The molecule has 0 rings (SSSR count). The summed E-state index contributed by atoms with van der Waals surface area (Å²) in [6, 6.07) is 0. The third-order valence-electron chi connectivity index (χ3n) is 0.270. The Morgan fingerprint density at radius 2 is 2.43 bits per heavy atom. The predicted octanol–water partition coefficient (Wildman–Crippen LogP) is 0.270. The van der Waals surface area contributed by atoms with Gasteiger partial charge in [0.15, 0.2) is 6.61 Å². The van der Waals surface area contributed by atoms with Gasteiger partial charge >= 0.3 is 6.47 Å². The van der Waals surface area contributed by atoms with Crippen LogP contribution < -0.4 is 0 Å². The summed E-state index contributed by atoms with van der Waals surface area (Å²) in [5.41, 5.74) is 0. The molecule has 37 valence electrons. The van der Waals surface area contributed by atoms with E-state index in [0.29, 0.717) is 0 Å². The molecule has 0 spiro atoms. The topological polar surface area (TPSA) is 26.3 Å². The van der Waals surface area contributed by atoms with Crippen LogP contribution in [0.5, 0.6) is 0 Å². The van der Waals surface area contributed by atoms with Crippen LogP contribution in [0.15, 0.2) is 0 Å². The maximum atomic E-state index is 9.22. The van der Waals surface area contributed by atoms with Crippen molar-refractivity contribution in [3.63, 3.8) is 0 Å². The van der Waals surface area contributed by atoms with Gasteiger partial charge in [0, 0.05) is 5.38 Å². The summed E-state index contributed by atoms with van der Waals surface area (Å²) in [6.45, 7) is 1.21. The molecule has 0 fully saturated rings. The van der Waals surface area contributed by atoms with E-state index in [9.17, 15) is 4.79 Å². The van der Waals surface area contributed by atoms with Crippen molar-refractivity contribution in [3.8, 4) is 11.3 Å². The summed E-state index contributed by atoms with van der Waals surface area (Å²) in [5.74, 6) is 2.28. The van der Waals surface area contributed by atoms with Crippen molar-refractivity contribution in [3.05, 3.63) is 0 Å². The van der Waals surface area contributed by atoms with Crippen molar-refractivity contribution >= 4 is 18.1 Å². The van der Waals surface area contributed by atoms with Crippen molar-refractivity contribution in [1.82, 2.24) is 0 Å². The highest BCUT2D eigenvalue weighted by Gasteiger charge is 1.70. The Morgan fingerprint density at radius 1 is 1.71 bits per heavy atom. The molecule has 0 aromatic carbocycles. The zero-order valence-corrected chi connectivity index (χ0v) is 4.16. The molecule has 0 aliphatic rings. The van der Waals surface area contributed by atoms with E-state index in [4.69, 9.17) is 11.6 Å². The zero-order chi connectivity index (χ0) is 5.54. The van der Waals surface area contributed by atoms with Crippen LogP contribution in [-0.4, -0.2) is 13.1 Å². The van der Waals surface area contributed by atoms with Gasteiger partial charge in [-0.3, -0.25) is 0 Å². The Kier molecular flexibility index (Phi) is 4.80. The number of hydrogen-bond acceptors (Lipinski definition) is 2. The first-order valence-electron chi connectivity index (χ1n) is 1.49. The van der Waals surface area contributed by atoms with Crippen LogP contribution in [0.2, 0.25) is 0 Å². The molecular weight excluding hydrogens is 115 g/mol. The summed E-state index contributed by atoms with van der Waals surface area (Å²) in [7, 11) is 0. The minimum atomic E-state index is 0.0208. The van der Waals surface area contributed by atoms with Crippen molar-refractivity contribution in [2.75, 3.05) is 6.61 Å². The van der Waals surface area contributed by atoms with Crippen LogP contribution in [0, 0.1) is 11.3 Å². The quantitative estimate of drug-likeness (QED) is 0.383. The molecule has 0 aromatic rings. The Morgan fingerprint density at radius 3 is 2.86 bits per heavy atom. The molecule has 0 N–H and O–H groups in total. The molecule has 0 atom stereocenters. The number of ether oxygens (including phenoxy) is 1. The fourth-order valence-electron chi connectivity index (χ4n) is 0.0928. The van der Waals surface area contributed by atoms with E-state index in [1.54, 1.807) is 0 Å². The van der Waals surface area contributed by atoms with Crippen LogP contribution in [0.3, 0.4) is 0 Å². The minimum Gasteiger partial charge on any atom is -0.444 e. The van der Waals surface area contributed by atoms with Crippen molar-refractivity contribution < 1.29 is 9.53 Å². The summed E-state index contributed by atoms with van der Waals surface area (Å²) in [6.07, 6.45) is 0. The lowest BCUT2D eigenvalue weighted by Gasteiger charge is -1.78. The van der Waals surface area contributed by atoms with Gasteiger partial charge in [-0.2, -0.15) is 0 Å². The molecule has 0 aromatic heterocycles. The van der Waals surface area contributed by atoms with Gasteiger partial charge < -0.3 is 4.74 Å². The standard InChI is InChI=1S/C4H2ClO2/c5-2-1-3-7-4-6/h3H2. The van der Waals surface area contributed by atoms with Crippen LogP contribution in [0.1, 0.15) is 0 Å². The van der Waals surface area contributed by atoms with Crippen molar-refractivity contribution in [1.29, 1.82) is 0 Å². The van der Waals surface area contributed by atoms with Crippen molar-refractivity contribution in [2.24, 2.45) is 0 Å². The van der Waals surface area contributed by atoms with Gasteiger partial charge in [-0.05, 0) is 17.5 Å². The molecule has 0 amide bonds. The first-order chi connectivity index (χ1) is 3.41. The van der Waals surface area contributed by atoms with E-state index in [1.807, 2.05) is 5.38 Å². The van der Waals surface area contributed by atoms with Crippen molar-refractivity contribution in [2.45, 2.75) is 0 Å². The normalized spacial score (nSPS) is 5.86. The molecule has 3 heteroatoms. The van der Waals surface area contributed by atoms with E-state index in [-0.39, 0.29) is 6.61 Å². The SMILES string of the molecule is O=[C]OCC#CCl. The van der Waals surface area contributed by atoms with E-state index in [2.05, 4.69) is 10.7 Å². The molecule has 0 heterocycles. The lowest BCUT2D eigenvalue weighted by molar-refractivity contribution is 0.319. The fourth-order valence-corrected chi connectivity index (χ4v) is 0.147. The number of rotatable bonds is 2. The maximum absolute atomic E-state index is 9.22. The molecule has 1 radical (unpaired) electrons. The van der Waals surface area contributed by atoms with Gasteiger partial charge in [0.25, 0.3) is 0 Å². The Balaban J connectivity index is 2.92. The van der Waals surface area contributed by atoms with E-state index >= 15 is 0 Å². The van der Waals surface area contributed by atoms with Gasteiger partial charge in [-0.1, -0.05) is 0 Å². The molecule has 0 unspecified atom stereocenters. The van der Waals surface area contributed by atoms with Crippen LogP contribution in [0.4, 0.5) is 0 Å². The Labute approximate surface area is 46.4 Å². The molecule has 2 nitrogen and oxygen atoms in total. The third kappa shape index (κ3) is 5.32. The Bertz CT molecular complexity index is 100.0. The Hall–Kier alpha value is -0.680. The predicted molar refractivity (Wildman–Crippen MR) is 25.3 cm³/mol. The summed E-state index contributed by atoms with van der Waals surface area (Å²) >= 11 is 4.87. The van der Waals surface area contributed by atoms with E-state index < -0.39 is 0 Å². The monoisotopic (exact) mass is 117 g/mol. The highest BCUT2D eigenvalue weighted by molar-refractivity contribution is 6.30. The summed E-state index contributed by atoms with van der Waals surface area (Å²) in [4.78, 5) is 9.22. The van der Waals surface area contributed by atoms with Gasteiger partial charge in [0.1, 0.15) is 0 Å². The average Bonchev–Trinajstić information content (AvgIpc) is 1.69. The smallest absolute Gasteiger partial charge is 0.418 e. The van der Waals surface area contributed by atoms with Gasteiger partial charge in [0.05, 0.1) is 0 Å². The number of halogens is 1. The highest BCUT2D eigenvalue weighted by Crippen LogP contribution is 1.64. The molecule has 0 aliphatic heterocycles. The second-order valence-corrected chi connectivity index (χ2v) is 0.832. The molecule has 7 heavy (non-hydrogen) atoms. The van der Waals surface area contributed by atoms with Crippen LogP contribution in [-0.2, 0) is 9.53 Å². The molecule has 0 saturated carbocycles. The lowest BCUT2D eigenvalue weighted by atomic mass is 10.8. The number of hydrogen-bond donors (Lipinski definition) is 0. The second-order valence-electron chi connectivity index (χ2n) is 0.643. The first kappa shape index (κ1) is 6.32. The van der Waals surface area contributed by atoms with E-state index in [1.165, 1.54) is 6.47 Å². The fraction of sp³-hybridized carbons (Fsp3) is 0.250. The summed E-state index contributed by atoms with van der Waals surface area (Å²) in [5, 5.41) is 2.02. The molecule has 0 saturated heterocycles. The summed E-state index contributed by atoms with van der Waals surface area (Å²) < 4.78 is 4.01. The number of carbonyl (C=O) groups excluding carboxylic acids is 1. The van der Waals surface area contributed by atoms with E-state index in [0.717, 1.165) is 0 Å². The van der Waals surface area contributed by atoms with Gasteiger partial charge in [-0.15, -0.1) is 0 Å². The van der Waals surface area contributed by atoms with Crippen LogP contribution in [0.25, 0.3) is 0 Å². The van der Waals surface area contributed by atoms with Gasteiger partial charge in [-0.25, -0.2) is 4.79 Å². The largest absolute Gasteiger partial charge is 0.444 e. The minimum absolute atomic E-state index is 0.0208. The first-order valence-corrected chi connectivity index (χ1v) is 1.87.